The summed E-state index contributed by atoms with van der Waals surface area (Å²) in [5.41, 5.74) is 0. The number of amides is 2. The lowest BCUT2D eigenvalue weighted by molar-refractivity contribution is -0.140. The zero-order valence-electron chi connectivity index (χ0n) is 12.6. The number of aliphatic carboxylic acids is 1. The van der Waals surface area contributed by atoms with Crippen LogP contribution in [0.25, 0.3) is 0 Å². The third kappa shape index (κ3) is 4.85. The average molecular weight is 321 g/mol. The Labute approximate surface area is 125 Å². The zero-order chi connectivity index (χ0) is 16.2. The van der Waals surface area contributed by atoms with Crippen molar-refractivity contribution in [3.8, 4) is 0 Å². The first-order chi connectivity index (χ1) is 9.66. The second-order valence-corrected chi connectivity index (χ2v) is 7.28. The summed E-state index contributed by atoms with van der Waals surface area (Å²) in [5, 5.41) is 11.7. The number of nitrogens with zero attached hydrogens (tertiary/aromatic N) is 2. The molecule has 21 heavy (non-hydrogen) atoms. The summed E-state index contributed by atoms with van der Waals surface area (Å²) in [4.78, 5) is 24.7. The van der Waals surface area contributed by atoms with Gasteiger partial charge in [-0.15, -0.1) is 0 Å². The molecule has 1 aliphatic rings. The van der Waals surface area contributed by atoms with Gasteiger partial charge >= 0.3 is 12.0 Å². The summed E-state index contributed by atoms with van der Waals surface area (Å²) < 4.78 is 24.1. The Morgan fingerprint density at radius 1 is 1.24 bits per heavy atom. The quantitative estimate of drug-likeness (QED) is 0.727. The Kier molecular flexibility index (Phi) is 5.97. The first kappa shape index (κ1) is 17.7. The van der Waals surface area contributed by atoms with Crippen LogP contribution in [0.3, 0.4) is 0 Å². The summed E-state index contributed by atoms with van der Waals surface area (Å²) in [5.74, 6) is -1.24. The number of rotatable bonds is 5. The van der Waals surface area contributed by atoms with Gasteiger partial charge in [-0.05, 0) is 5.92 Å². The first-order valence-electron chi connectivity index (χ1n) is 6.90. The third-order valence-corrected chi connectivity index (χ3v) is 5.06. The normalized spacial score (nSPS) is 19.9. The van der Waals surface area contributed by atoms with Gasteiger partial charge in [-0.2, -0.15) is 4.31 Å². The lowest BCUT2D eigenvalue weighted by atomic mass is 9.99. The largest absolute Gasteiger partial charge is 0.480 e. The van der Waals surface area contributed by atoms with Crippen molar-refractivity contribution in [3.63, 3.8) is 0 Å². The third-order valence-electron chi connectivity index (χ3n) is 3.75. The minimum Gasteiger partial charge on any atom is -0.480 e. The molecular formula is C12H23N3O5S. The molecule has 0 aromatic rings. The van der Waals surface area contributed by atoms with Crippen LogP contribution in [0.1, 0.15) is 20.3 Å². The zero-order valence-corrected chi connectivity index (χ0v) is 13.4. The fraction of sp³-hybridized carbons (Fsp3) is 0.833. The van der Waals surface area contributed by atoms with E-state index in [-0.39, 0.29) is 32.1 Å². The average Bonchev–Trinajstić information content (AvgIpc) is 2.42. The molecule has 0 aliphatic carbocycles. The van der Waals surface area contributed by atoms with E-state index in [9.17, 15) is 18.0 Å². The van der Waals surface area contributed by atoms with E-state index in [0.717, 1.165) is 6.26 Å². The number of carbonyl (C=O) groups excluding carboxylic acids is 1. The number of hydrogen-bond acceptors (Lipinski definition) is 4. The summed E-state index contributed by atoms with van der Waals surface area (Å²) in [7, 11) is -3.25. The molecule has 0 radical (unpaired) electrons. The van der Waals surface area contributed by atoms with Gasteiger partial charge in [-0.25, -0.2) is 18.0 Å². The molecule has 2 N–H and O–H groups in total. The molecule has 1 heterocycles. The maximum Gasteiger partial charge on any atom is 0.326 e. The molecule has 1 aliphatic heterocycles. The van der Waals surface area contributed by atoms with Gasteiger partial charge in [0.25, 0.3) is 0 Å². The van der Waals surface area contributed by atoms with Gasteiger partial charge in [-0.1, -0.05) is 20.3 Å². The van der Waals surface area contributed by atoms with Crippen molar-refractivity contribution in [3.05, 3.63) is 0 Å². The van der Waals surface area contributed by atoms with Gasteiger partial charge in [0, 0.05) is 26.2 Å². The van der Waals surface area contributed by atoms with Crippen LogP contribution < -0.4 is 5.32 Å². The number of nitrogens with one attached hydrogen (secondary N) is 1. The number of hydrogen-bond donors (Lipinski definition) is 2. The van der Waals surface area contributed by atoms with Crippen LogP contribution in [-0.4, -0.2) is 73.2 Å². The molecule has 0 saturated carbocycles. The molecule has 1 saturated heterocycles. The van der Waals surface area contributed by atoms with Crippen molar-refractivity contribution in [2.75, 3.05) is 32.4 Å². The van der Waals surface area contributed by atoms with Crippen molar-refractivity contribution in [1.82, 2.24) is 14.5 Å². The summed E-state index contributed by atoms with van der Waals surface area (Å²) >= 11 is 0. The van der Waals surface area contributed by atoms with Crippen molar-refractivity contribution in [2.24, 2.45) is 5.92 Å². The van der Waals surface area contributed by atoms with Crippen molar-refractivity contribution < 1.29 is 23.1 Å². The van der Waals surface area contributed by atoms with Crippen LogP contribution in [0, 0.1) is 5.92 Å². The van der Waals surface area contributed by atoms with Crippen molar-refractivity contribution in [1.29, 1.82) is 0 Å². The minimum absolute atomic E-state index is 0.177. The van der Waals surface area contributed by atoms with Gasteiger partial charge in [0.15, 0.2) is 0 Å². The number of urea groups is 1. The van der Waals surface area contributed by atoms with Gasteiger partial charge in [0.1, 0.15) is 6.04 Å². The van der Waals surface area contributed by atoms with Crippen LogP contribution in [0.15, 0.2) is 0 Å². The SMILES string of the molecule is CCC(C)C(NC(=O)N1CCN(S(C)(=O)=O)CC1)C(=O)O. The monoisotopic (exact) mass is 321 g/mol. The van der Waals surface area contributed by atoms with E-state index in [1.54, 1.807) is 6.92 Å². The summed E-state index contributed by atoms with van der Waals surface area (Å²) in [6.07, 6.45) is 1.77. The standard InChI is InChI=1S/C12H23N3O5S/c1-4-9(2)10(11(16)17)13-12(18)14-5-7-15(8-6-14)21(3,19)20/h9-10H,4-8H2,1-3H3,(H,13,18)(H,16,17). The molecule has 2 unspecified atom stereocenters. The molecule has 2 amide bonds. The molecular weight excluding hydrogens is 298 g/mol. The number of carbonyl (C=O) groups is 2. The van der Waals surface area contributed by atoms with Gasteiger partial charge < -0.3 is 15.3 Å². The number of carboxylic acid groups (broad SMARTS) is 1. The van der Waals surface area contributed by atoms with E-state index in [2.05, 4.69) is 5.32 Å². The first-order valence-corrected chi connectivity index (χ1v) is 8.75. The number of sulfonamides is 1. The highest BCUT2D eigenvalue weighted by molar-refractivity contribution is 7.88. The Morgan fingerprint density at radius 2 is 1.76 bits per heavy atom. The van der Waals surface area contributed by atoms with E-state index >= 15 is 0 Å². The number of piperazine rings is 1. The van der Waals surface area contributed by atoms with Crippen molar-refractivity contribution >= 4 is 22.0 Å². The Bertz CT molecular complexity index is 485. The minimum atomic E-state index is -3.25. The molecule has 0 aromatic carbocycles. The smallest absolute Gasteiger partial charge is 0.326 e. The highest BCUT2D eigenvalue weighted by Gasteiger charge is 2.30. The molecule has 122 valence electrons. The highest BCUT2D eigenvalue weighted by atomic mass is 32.2. The maximum absolute atomic E-state index is 12.1. The van der Waals surface area contributed by atoms with Crippen LogP contribution in [0.2, 0.25) is 0 Å². The molecule has 0 bridgehead atoms. The molecule has 1 fully saturated rings. The van der Waals surface area contributed by atoms with E-state index in [1.165, 1.54) is 9.21 Å². The van der Waals surface area contributed by atoms with E-state index in [1.807, 2.05) is 6.92 Å². The lowest BCUT2D eigenvalue weighted by Gasteiger charge is -2.34. The second-order valence-electron chi connectivity index (χ2n) is 5.30. The predicted molar refractivity (Wildman–Crippen MR) is 77.4 cm³/mol. The lowest BCUT2D eigenvalue weighted by Crippen LogP contribution is -2.56. The van der Waals surface area contributed by atoms with Crippen LogP contribution in [-0.2, 0) is 14.8 Å². The van der Waals surface area contributed by atoms with Crippen molar-refractivity contribution in [2.45, 2.75) is 26.3 Å². The molecule has 0 aromatic heterocycles. The number of carboxylic acids is 1. The van der Waals surface area contributed by atoms with E-state index in [0.29, 0.717) is 6.42 Å². The van der Waals surface area contributed by atoms with Crippen LogP contribution in [0.4, 0.5) is 4.79 Å². The Hall–Kier alpha value is -1.35. The molecule has 2 atom stereocenters. The van der Waals surface area contributed by atoms with E-state index < -0.39 is 28.1 Å². The van der Waals surface area contributed by atoms with E-state index in [4.69, 9.17) is 5.11 Å². The summed E-state index contributed by atoms with van der Waals surface area (Å²) in [6.45, 7) is 4.59. The van der Waals surface area contributed by atoms with Gasteiger partial charge in [-0.3, -0.25) is 0 Å². The predicted octanol–water partition coefficient (Wildman–Crippen LogP) is -0.227. The molecule has 8 nitrogen and oxygen atoms in total. The molecule has 0 spiro atoms. The maximum atomic E-state index is 12.1. The fourth-order valence-electron chi connectivity index (χ4n) is 2.13. The molecule has 9 heteroatoms. The van der Waals surface area contributed by atoms with Crippen LogP contribution in [0.5, 0.6) is 0 Å². The fourth-order valence-corrected chi connectivity index (χ4v) is 2.96. The van der Waals surface area contributed by atoms with Crippen LogP contribution >= 0.6 is 0 Å². The second kappa shape index (κ2) is 7.08. The van der Waals surface area contributed by atoms with Gasteiger partial charge in [0.05, 0.1) is 6.26 Å². The topological polar surface area (TPSA) is 107 Å². The highest BCUT2D eigenvalue weighted by Crippen LogP contribution is 2.10. The Morgan fingerprint density at radius 3 is 2.14 bits per heavy atom. The summed E-state index contributed by atoms with van der Waals surface area (Å²) in [6, 6.07) is -1.40. The Balaban J connectivity index is 2.59. The van der Waals surface area contributed by atoms with Gasteiger partial charge in [0.2, 0.25) is 10.0 Å². The molecule has 1 rings (SSSR count).